The lowest BCUT2D eigenvalue weighted by Gasteiger charge is -2.04. The second-order valence-corrected chi connectivity index (χ2v) is 7.99. The number of nitrogens with zero attached hydrogens (tertiary/aromatic N) is 1. The molecule has 0 bridgehead atoms. The number of anilines is 1. The minimum Gasteiger partial charge on any atom is -0.461 e. The Bertz CT molecular complexity index is 581. The topological polar surface area (TPSA) is 60.3 Å². The summed E-state index contributed by atoms with van der Waals surface area (Å²) in [6.07, 6.45) is 19.1. The lowest BCUT2D eigenvalue weighted by molar-refractivity contribution is -0.116. The van der Waals surface area contributed by atoms with Crippen molar-refractivity contribution in [2.45, 2.75) is 104 Å². The molecule has 29 heavy (non-hydrogen) atoms. The molecule has 166 valence electrons. The van der Waals surface area contributed by atoms with Crippen LogP contribution in [0.1, 0.15) is 114 Å². The Morgan fingerprint density at radius 3 is 1.90 bits per heavy atom. The first-order valence-electron chi connectivity index (χ1n) is 11.7. The van der Waals surface area contributed by atoms with E-state index >= 15 is 0 Å². The molecule has 0 aliphatic heterocycles. The number of hydrogen-bond donors (Lipinski definition) is 1. The van der Waals surface area contributed by atoms with Gasteiger partial charge in [0.15, 0.2) is 0 Å². The lowest BCUT2D eigenvalue weighted by Crippen LogP contribution is -2.10. The third-order valence-corrected chi connectivity index (χ3v) is 5.28. The second kappa shape index (κ2) is 16.1. The third kappa shape index (κ3) is 11.7. The third-order valence-electron chi connectivity index (χ3n) is 5.28. The summed E-state index contributed by atoms with van der Waals surface area (Å²) in [4.78, 5) is 23.9. The standard InChI is InChI=1S/C24H42N2O3/c1-4-6-7-8-9-10-11-12-13-14-15-16-17-18-23(27)25-21-19-22(26(3)20-21)24(28)29-5-2/h19-20H,4-18H2,1-3H3,(H,25,27). The largest absolute Gasteiger partial charge is 0.461 e. The molecule has 0 aliphatic rings. The number of carbonyl (C=O) groups is 2. The lowest BCUT2D eigenvalue weighted by atomic mass is 10.0. The first-order valence-corrected chi connectivity index (χ1v) is 11.7. The average molecular weight is 407 g/mol. The van der Waals surface area contributed by atoms with Gasteiger partial charge in [0.1, 0.15) is 5.69 Å². The van der Waals surface area contributed by atoms with Crippen molar-refractivity contribution >= 4 is 17.6 Å². The SMILES string of the molecule is CCCCCCCCCCCCCCCC(=O)Nc1cc(C(=O)OCC)n(C)c1. The molecule has 5 nitrogen and oxygen atoms in total. The van der Waals surface area contributed by atoms with Gasteiger partial charge in [-0.15, -0.1) is 0 Å². The normalized spacial score (nSPS) is 10.9. The number of aromatic nitrogens is 1. The second-order valence-electron chi connectivity index (χ2n) is 7.99. The highest BCUT2D eigenvalue weighted by Gasteiger charge is 2.13. The summed E-state index contributed by atoms with van der Waals surface area (Å²) in [6.45, 7) is 4.38. The summed E-state index contributed by atoms with van der Waals surface area (Å²) in [5.74, 6) is -0.360. The van der Waals surface area contributed by atoms with Gasteiger partial charge in [-0.05, 0) is 19.4 Å². The zero-order valence-electron chi connectivity index (χ0n) is 18.9. The predicted octanol–water partition coefficient (Wildman–Crippen LogP) is 6.62. The van der Waals surface area contributed by atoms with Crippen LogP contribution >= 0.6 is 0 Å². The van der Waals surface area contributed by atoms with Crippen LogP contribution in [0.5, 0.6) is 0 Å². The van der Waals surface area contributed by atoms with E-state index in [2.05, 4.69) is 12.2 Å². The van der Waals surface area contributed by atoms with Crippen LogP contribution in [0.2, 0.25) is 0 Å². The fraction of sp³-hybridized carbons (Fsp3) is 0.750. The minimum absolute atomic E-state index is 0.00841. The van der Waals surface area contributed by atoms with Crippen molar-refractivity contribution in [2.75, 3.05) is 11.9 Å². The molecule has 1 aromatic heterocycles. The Labute approximate surface area is 177 Å². The van der Waals surface area contributed by atoms with Gasteiger partial charge in [0.05, 0.1) is 12.3 Å². The van der Waals surface area contributed by atoms with E-state index in [0.717, 1.165) is 12.8 Å². The van der Waals surface area contributed by atoms with Crippen LogP contribution in [-0.4, -0.2) is 23.1 Å². The number of esters is 1. The summed E-state index contributed by atoms with van der Waals surface area (Å²) < 4.78 is 6.69. The van der Waals surface area contributed by atoms with Crippen LogP contribution in [0.4, 0.5) is 5.69 Å². The van der Waals surface area contributed by atoms with Gasteiger partial charge in [-0.1, -0.05) is 84.0 Å². The van der Waals surface area contributed by atoms with Crippen LogP contribution in [0.15, 0.2) is 12.3 Å². The zero-order valence-corrected chi connectivity index (χ0v) is 18.9. The number of aryl methyl sites for hydroxylation is 1. The van der Waals surface area contributed by atoms with E-state index in [4.69, 9.17) is 4.74 Å². The van der Waals surface area contributed by atoms with Gasteiger partial charge < -0.3 is 14.6 Å². The van der Waals surface area contributed by atoms with Gasteiger partial charge >= 0.3 is 5.97 Å². The number of nitrogens with one attached hydrogen (secondary N) is 1. The maximum atomic E-state index is 12.1. The Balaban J connectivity index is 2.02. The van der Waals surface area contributed by atoms with E-state index in [9.17, 15) is 9.59 Å². The Morgan fingerprint density at radius 2 is 1.38 bits per heavy atom. The van der Waals surface area contributed by atoms with Crippen molar-refractivity contribution in [1.29, 1.82) is 0 Å². The van der Waals surface area contributed by atoms with Gasteiger partial charge in [-0.2, -0.15) is 0 Å². The van der Waals surface area contributed by atoms with E-state index in [1.54, 1.807) is 30.8 Å². The molecule has 5 heteroatoms. The van der Waals surface area contributed by atoms with Crippen LogP contribution in [0, 0.1) is 0 Å². The highest BCUT2D eigenvalue weighted by molar-refractivity contribution is 5.94. The monoisotopic (exact) mass is 406 g/mol. The van der Waals surface area contributed by atoms with Gasteiger partial charge in [0.25, 0.3) is 0 Å². The first kappa shape index (κ1) is 25.3. The maximum absolute atomic E-state index is 12.1. The van der Waals surface area contributed by atoms with E-state index in [0.29, 0.717) is 24.4 Å². The fourth-order valence-electron chi connectivity index (χ4n) is 3.57. The number of rotatable bonds is 17. The highest BCUT2D eigenvalue weighted by atomic mass is 16.5. The number of unbranched alkanes of at least 4 members (excludes halogenated alkanes) is 12. The van der Waals surface area contributed by atoms with Crippen molar-refractivity contribution in [1.82, 2.24) is 4.57 Å². The van der Waals surface area contributed by atoms with E-state index in [1.807, 2.05) is 0 Å². The maximum Gasteiger partial charge on any atom is 0.355 e. The molecule has 1 N–H and O–H groups in total. The molecule has 1 rings (SSSR count). The smallest absolute Gasteiger partial charge is 0.355 e. The van der Waals surface area contributed by atoms with Gasteiger partial charge in [-0.3, -0.25) is 4.79 Å². The van der Waals surface area contributed by atoms with E-state index in [-0.39, 0.29) is 11.9 Å². The zero-order chi connectivity index (χ0) is 21.3. The molecule has 0 radical (unpaired) electrons. The van der Waals surface area contributed by atoms with Gasteiger partial charge in [0, 0.05) is 19.7 Å². The summed E-state index contributed by atoms with van der Waals surface area (Å²) >= 11 is 0. The van der Waals surface area contributed by atoms with E-state index in [1.165, 1.54) is 70.6 Å². The van der Waals surface area contributed by atoms with Crippen LogP contribution in [0.25, 0.3) is 0 Å². The molecule has 1 heterocycles. The number of ether oxygens (including phenoxy) is 1. The van der Waals surface area contributed by atoms with Crippen LogP contribution < -0.4 is 5.32 Å². The van der Waals surface area contributed by atoms with Crippen molar-refractivity contribution in [3.05, 3.63) is 18.0 Å². The Kier molecular flexibility index (Phi) is 14.0. The molecule has 1 aromatic rings. The fourth-order valence-corrected chi connectivity index (χ4v) is 3.57. The summed E-state index contributed by atoms with van der Waals surface area (Å²) in [6, 6.07) is 1.67. The number of amides is 1. The average Bonchev–Trinajstić information content (AvgIpc) is 3.05. The molecular formula is C24H42N2O3. The molecule has 0 fully saturated rings. The molecule has 0 saturated heterocycles. The van der Waals surface area contributed by atoms with Crippen molar-refractivity contribution in [3.63, 3.8) is 0 Å². The summed E-state index contributed by atoms with van der Waals surface area (Å²) in [7, 11) is 1.77. The highest BCUT2D eigenvalue weighted by Crippen LogP contribution is 2.16. The Morgan fingerprint density at radius 1 is 0.862 bits per heavy atom. The first-order chi connectivity index (χ1) is 14.1. The van der Waals surface area contributed by atoms with Crippen molar-refractivity contribution in [2.24, 2.45) is 7.05 Å². The molecular weight excluding hydrogens is 364 g/mol. The predicted molar refractivity (Wildman–Crippen MR) is 120 cm³/mol. The molecule has 0 aromatic carbocycles. The molecule has 0 aliphatic carbocycles. The van der Waals surface area contributed by atoms with E-state index < -0.39 is 0 Å². The van der Waals surface area contributed by atoms with Crippen molar-refractivity contribution < 1.29 is 14.3 Å². The molecule has 1 amide bonds. The quantitative estimate of drug-likeness (QED) is 0.233. The van der Waals surface area contributed by atoms with Crippen molar-refractivity contribution in [3.8, 4) is 0 Å². The van der Waals surface area contributed by atoms with Gasteiger partial charge in [0.2, 0.25) is 5.91 Å². The molecule has 0 unspecified atom stereocenters. The molecule has 0 saturated carbocycles. The number of carbonyl (C=O) groups excluding carboxylic acids is 2. The minimum atomic E-state index is -0.369. The summed E-state index contributed by atoms with van der Waals surface area (Å²) in [5, 5.41) is 2.88. The molecule has 0 atom stereocenters. The van der Waals surface area contributed by atoms with Crippen LogP contribution in [0.3, 0.4) is 0 Å². The summed E-state index contributed by atoms with van der Waals surface area (Å²) in [5.41, 5.74) is 1.10. The van der Waals surface area contributed by atoms with Crippen LogP contribution in [-0.2, 0) is 16.6 Å². The van der Waals surface area contributed by atoms with Gasteiger partial charge in [-0.25, -0.2) is 4.79 Å². The Hall–Kier alpha value is -1.78. The molecule has 0 spiro atoms. The number of hydrogen-bond acceptors (Lipinski definition) is 3.